The number of carbonyl (C=O) groups is 1. The van der Waals surface area contributed by atoms with Crippen molar-refractivity contribution < 1.29 is 4.79 Å². The van der Waals surface area contributed by atoms with Gasteiger partial charge in [0.2, 0.25) is 5.91 Å². The number of rotatable bonds is 3. The molecule has 2 N–H and O–H groups in total. The summed E-state index contributed by atoms with van der Waals surface area (Å²) >= 11 is 0. The molecule has 4 heteroatoms. The Kier molecular flexibility index (Phi) is 4.21. The van der Waals surface area contributed by atoms with Gasteiger partial charge in [-0.1, -0.05) is 0 Å². The van der Waals surface area contributed by atoms with E-state index < -0.39 is 0 Å². The monoisotopic (exact) mass is 273 g/mol. The fourth-order valence-electron chi connectivity index (χ4n) is 3.06. The van der Waals surface area contributed by atoms with E-state index in [2.05, 4.69) is 34.9 Å². The van der Waals surface area contributed by atoms with E-state index >= 15 is 0 Å². The Labute approximate surface area is 120 Å². The van der Waals surface area contributed by atoms with Gasteiger partial charge >= 0.3 is 0 Å². The van der Waals surface area contributed by atoms with Crippen LogP contribution in [0.3, 0.4) is 0 Å². The molecule has 0 aliphatic carbocycles. The van der Waals surface area contributed by atoms with Crippen molar-refractivity contribution in [2.24, 2.45) is 0 Å². The highest BCUT2D eigenvalue weighted by Gasteiger charge is 2.21. The number of nitrogens with zero attached hydrogens (tertiary/aromatic N) is 1. The van der Waals surface area contributed by atoms with Crippen molar-refractivity contribution in [3.05, 3.63) is 24.3 Å². The summed E-state index contributed by atoms with van der Waals surface area (Å²) in [5.41, 5.74) is 2.19. The summed E-state index contributed by atoms with van der Waals surface area (Å²) in [5.74, 6) is 0.251. The first-order chi connectivity index (χ1) is 9.83. The average Bonchev–Trinajstić information content (AvgIpc) is 2.73. The van der Waals surface area contributed by atoms with Gasteiger partial charge in [-0.3, -0.25) is 4.79 Å². The largest absolute Gasteiger partial charge is 0.382 e. The first-order valence-electron chi connectivity index (χ1n) is 7.70. The van der Waals surface area contributed by atoms with Gasteiger partial charge in [0.05, 0.1) is 0 Å². The predicted molar refractivity (Wildman–Crippen MR) is 82.2 cm³/mol. The van der Waals surface area contributed by atoms with E-state index in [0.717, 1.165) is 37.4 Å². The van der Waals surface area contributed by atoms with Crippen LogP contribution in [0.2, 0.25) is 0 Å². The zero-order valence-electron chi connectivity index (χ0n) is 11.9. The molecule has 20 heavy (non-hydrogen) atoms. The fourth-order valence-corrected chi connectivity index (χ4v) is 3.06. The molecule has 2 aliphatic rings. The van der Waals surface area contributed by atoms with Gasteiger partial charge in [-0.15, -0.1) is 0 Å². The quantitative estimate of drug-likeness (QED) is 0.888. The van der Waals surface area contributed by atoms with E-state index in [1.165, 1.54) is 19.3 Å². The summed E-state index contributed by atoms with van der Waals surface area (Å²) in [6.45, 7) is 3.09. The molecule has 108 valence electrons. The molecule has 1 unspecified atom stereocenters. The zero-order chi connectivity index (χ0) is 13.8. The van der Waals surface area contributed by atoms with E-state index in [4.69, 9.17) is 0 Å². The van der Waals surface area contributed by atoms with Gasteiger partial charge < -0.3 is 15.5 Å². The van der Waals surface area contributed by atoms with Gasteiger partial charge in [-0.2, -0.15) is 0 Å². The topological polar surface area (TPSA) is 44.4 Å². The summed E-state index contributed by atoms with van der Waals surface area (Å²) in [6, 6.07) is 8.86. The molecule has 0 saturated carbocycles. The van der Waals surface area contributed by atoms with Gasteiger partial charge in [-0.25, -0.2) is 0 Å². The first kappa shape index (κ1) is 13.4. The van der Waals surface area contributed by atoms with Crippen LogP contribution in [0.25, 0.3) is 0 Å². The summed E-state index contributed by atoms with van der Waals surface area (Å²) < 4.78 is 0. The average molecular weight is 273 g/mol. The third kappa shape index (κ3) is 3.12. The molecular formula is C16H23N3O. The lowest BCUT2D eigenvalue weighted by molar-refractivity contribution is -0.117. The third-order valence-corrected chi connectivity index (χ3v) is 4.20. The maximum Gasteiger partial charge on any atom is 0.227 e. The molecule has 2 aliphatic heterocycles. The van der Waals surface area contributed by atoms with Gasteiger partial charge in [0.25, 0.3) is 0 Å². The number of anilines is 2. The third-order valence-electron chi connectivity index (χ3n) is 4.20. The number of hydrogen-bond donors (Lipinski definition) is 2. The SMILES string of the molecule is O=C1CCCN1c1ccc(NC2CCCNCC2)cc1. The fraction of sp³-hybridized carbons (Fsp3) is 0.562. The summed E-state index contributed by atoms with van der Waals surface area (Å²) in [7, 11) is 0. The van der Waals surface area contributed by atoms with Crippen LogP contribution in [0, 0.1) is 0 Å². The van der Waals surface area contributed by atoms with Gasteiger partial charge in [-0.05, 0) is 63.0 Å². The van der Waals surface area contributed by atoms with Crippen LogP contribution in [-0.4, -0.2) is 31.6 Å². The Morgan fingerprint density at radius 1 is 1.10 bits per heavy atom. The molecule has 1 amide bonds. The van der Waals surface area contributed by atoms with E-state index in [-0.39, 0.29) is 5.91 Å². The smallest absolute Gasteiger partial charge is 0.227 e. The Bertz CT molecular complexity index is 449. The number of carbonyl (C=O) groups excluding carboxylic acids is 1. The summed E-state index contributed by atoms with van der Waals surface area (Å²) in [4.78, 5) is 13.6. The van der Waals surface area contributed by atoms with Gasteiger partial charge in [0, 0.05) is 30.4 Å². The van der Waals surface area contributed by atoms with Crippen LogP contribution < -0.4 is 15.5 Å². The summed E-state index contributed by atoms with van der Waals surface area (Å²) in [6.07, 6.45) is 5.30. The lowest BCUT2D eigenvalue weighted by atomic mass is 10.1. The van der Waals surface area contributed by atoms with E-state index in [1.54, 1.807) is 0 Å². The lowest BCUT2D eigenvalue weighted by Gasteiger charge is -2.19. The standard InChI is InChI=1S/C16H23N3O/c20-16-4-2-12-19(16)15-7-5-14(6-8-15)18-13-3-1-10-17-11-9-13/h5-8,13,17-18H,1-4,9-12H2. The molecule has 0 spiro atoms. The second-order valence-electron chi connectivity index (χ2n) is 5.72. The van der Waals surface area contributed by atoms with Crippen LogP contribution in [0.4, 0.5) is 11.4 Å². The second-order valence-corrected chi connectivity index (χ2v) is 5.72. The Hall–Kier alpha value is -1.55. The number of hydrogen-bond acceptors (Lipinski definition) is 3. The van der Waals surface area contributed by atoms with Crippen LogP contribution in [0.15, 0.2) is 24.3 Å². The minimum atomic E-state index is 0.251. The van der Waals surface area contributed by atoms with Crippen molar-refractivity contribution in [2.45, 2.75) is 38.1 Å². The Morgan fingerprint density at radius 2 is 1.95 bits per heavy atom. The Balaban J connectivity index is 1.62. The highest BCUT2D eigenvalue weighted by Crippen LogP contribution is 2.24. The predicted octanol–water partition coefficient (Wildman–Crippen LogP) is 2.37. The zero-order valence-corrected chi connectivity index (χ0v) is 11.9. The van der Waals surface area contributed by atoms with E-state index in [1.807, 2.05) is 4.90 Å². The minimum absolute atomic E-state index is 0.251. The molecule has 0 bridgehead atoms. The molecule has 2 heterocycles. The molecule has 1 atom stereocenters. The molecule has 1 aromatic rings. The lowest BCUT2D eigenvalue weighted by Crippen LogP contribution is -2.24. The normalized spacial score (nSPS) is 23.7. The highest BCUT2D eigenvalue weighted by molar-refractivity contribution is 5.95. The van der Waals surface area contributed by atoms with Gasteiger partial charge in [0.15, 0.2) is 0 Å². The van der Waals surface area contributed by atoms with Crippen LogP contribution in [0.5, 0.6) is 0 Å². The maximum atomic E-state index is 11.7. The molecule has 2 fully saturated rings. The number of nitrogens with one attached hydrogen (secondary N) is 2. The molecule has 2 saturated heterocycles. The van der Waals surface area contributed by atoms with Crippen molar-refractivity contribution in [3.8, 4) is 0 Å². The van der Waals surface area contributed by atoms with Crippen LogP contribution in [-0.2, 0) is 4.79 Å². The summed E-state index contributed by atoms with van der Waals surface area (Å²) in [5, 5.41) is 7.04. The van der Waals surface area contributed by atoms with E-state index in [0.29, 0.717) is 12.5 Å². The van der Waals surface area contributed by atoms with Gasteiger partial charge in [0.1, 0.15) is 0 Å². The molecule has 3 rings (SSSR count). The first-order valence-corrected chi connectivity index (χ1v) is 7.70. The van der Waals surface area contributed by atoms with Crippen LogP contribution in [0.1, 0.15) is 32.1 Å². The maximum absolute atomic E-state index is 11.7. The molecule has 1 aromatic carbocycles. The van der Waals surface area contributed by atoms with E-state index in [9.17, 15) is 4.79 Å². The van der Waals surface area contributed by atoms with Crippen molar-refractivity contribution in [1.82, 2.24) is 5.32 Å². The second kappa shape index (κ2) is 6.27. The van der Waals surface area contributed by atoms with Crippen molar-refractivity contribution in [1.29, 1.82) is 0 Å². The minimum Gasteiger partial charge on any atom is -0.382 e. The number of amides is 1. The van der Waals surface area contributed by atoms with Crippen molar-refractivity contribution >= 4 is 17.3 Å². The van der Waals surface area contributed by atoms with Crippen molar-refractivity contribution in [2.75, 3.05) is 29.9 Å². The van der Waals surface area contributed by atoms with Crippen molar-refractivity contribution in [3.63, 3.8) is 0 Å². The highest BCUT2D eigenvalue weighted by atomic mass is 16.2. The molecular weight excluding hydrogens is 250 g/mol. The van der Waals surface area contributed by atoms with Crippen LogP contribution >= 0.6 is 0 Å². The Morgan fingerprint density at radius 3 is 2.70 bits per heavy atom. The molecule has 0 radical (unpaired) electrons. The number of benzene rings is 1. The molecule has 0 aromatic heterocycles. The molecule has 4 nitrogen and oxygen atoms in total.